The van der Waals surface area contributed by atoms with Crippen LogP contribution in [0.25, 0.3) is 0 Å². The van der Waals surface area contributed by atoms with Crippen LogP contribution in [0.2, 0.25) is 5.02 Å². The van der Waals surface area contributed by atoms with Crippen LogP contribution in [0.3, 0.4) is 0 Å². The van der Waals surface area contributed by atoms with E-state index in [1.54, 1.807) is 30.1 Å². The monoisotopic (exact) mass is 427 g/mol. The molecule has 0 saturated carbocycles. The van der Waals surface area contributed by atoms with Gasteiger partial charge in [-0.05, 0) is 43.3 Å². The van der Waals surface area contributed by atoms with Gasteiger partial charge >= 0.3 is 0 Å². The summed E-state index contributed by atoms with van der Waals surface area (Å²) < 4.78 is 0. The Balaban J connectivity index is 0.00000261. The first-order chi connectivity index (χ1) is 12.5. The van der Waals surface area contributed by atoms with Crippen molar-refractivity contribution in [2.24, 2.45) is 0 Å². The summed E-state index contributed by atoms with van der Waals surface area (Å²) in [5.74, 6) is -0.209. The van der Waals surface area contributed by atoms with E-state index in [2.05, 4.69) is 5.32 Å². The van der Waals surface area contributed by atoms with Crippen LogP contribution in [0.4, 0.5) is 5.69 Å². The number of halogens is 2. The van der Waals surface area contributed by atoms with Gasteiger partial charge in [-0.3, -0.25) is 14.9 Å². The summed E-state index contributed by atoms with van der Waals surface area (Å²) in [7, 11) is 1.75. The number of nitro groups is 1. The lowest BCUT2D eigenvalue weighted by atomic mass is 10.1. The van der Waals surface area contributed by atoms with Crippen LogP contribution in [0, 0.1) is 10.1 Å². The van der Waals surface area contributed by atoms with Crippen molar-refractivity contribution < 1.29 is 9.72 Å². The zero-order valence-corrected chi connectivity index (χ0v) is 16.9. The van der Waals surface area contributed by atoms with Gasteiger partial charge in [0.15, 0.2) is 0 Å². The Hall–Kier alpha value is -1.80. The van der Waals surface area contributed by atoms with Crippen LogP contribution in [0.5, 0.6) is 0 Å². The molecule has 1 saturated heterocycles. The second-order valence-electron chi connectivity index (χ2n) is 6.06. The zero-order chi connectivity index (χ0) is 18.7. The highest BCUT2D eigenvalue weighted by atomic mass is 35.5. The summed E-state index contributed by atoms with van der Waals surface area (Å²) in [6.45, 7) is 1.60. The normalized spacial score (nSPS) is 15.9. The van der Waals surface area contributed by atoms with E-state index >= 15 is 0 Å². The van der Waals surface area contributed by atoms with Crippen molar-refractivity contribution in [3.05, 3.63) is 63.2 Å². The van der Waals surface area contributed by atoms with Crippen molar-refractivity contribution in [2.45, 2.75) is 22.3 Å². The lowest BCUT2D eigenvalue weighted by Gasteiger charge is -2.24. The number of hydrogen-bond acceptors (Lipinski definition) is 5. The number of nitrogens with zero attached hydrogens (tertiary/aromatic N) is 2. The van der Waals surface area contributed by atoms with E-state index in [1.807, 2.05) is 12.1 Å². The molecule has 1 heterocycles. The van der Waals surface area contributed by atoms with E-state index in [0.29, 0.717) is 15.5 Å². The summed E-state index contributed by atoms with van der Waals surface area (Å²) in [6, 6.07) is 11.8. The summed E-state index contributed by atoms with van der Waals surface area (Å²) in [6.07, 6.45) is 0.872. The number of carbonyl (C=O) groups is 1. The highest BCUT2D eigenvalue weighted by molar-refractivity contribution is 7.99. The molecule has 1 unspecified atom stereocenters. The summed E-state index contributed by atoms with van der Waals surface area (Å²) in [4.78, 5) is 26.9. The number of likely N-dealkylation sites (N-methyl/N-ethyl adjacent to an activating group) is 1. The summed E-state index contributed by atoms with van der Waals surface area (Å²) >= 11 is 7.30. The Kier molecular flexibility index (Phi) is 7.49. The van der Waals surface area contributed by atoms with Crippen LogP contribution < -0.4 is 5.32 Å². The maximum Gasteiger partial charge on any atom is 0.270 e. The maximum atomic E-state index is 13.0. The molecular formula is C18H19Cl2N3O3S. The molecule has 27 heavy (non-hydrogen) atoms. The fraction of sp³-hybridized carbons (Fsp3) is 0.278. The second kappa shape index (κ2) is 9.41. The molecular weight excluding hydrogens is 409 g/mol. The van der Waals surface area contributed by atoms with Gasteiger partial charge in [-0.1, -0.05) is 23.4 Å². The third kappa shape index (κ3) is 5.13. The number of nitrogens with one attached hydrogen (secondary N) is 1. The third-order valence-electron chi connectivity index (χ3n) is 4.35. The van der Waals surface area contributed by atoms with Crippen molar-refractivity contribution in [3.8, 4) is 0 Å². The lowest BCUT2D eigenvalue weighted by molar-refractivity contribution is -0.384. The average molecular weight is 428 g/mol. The molecule has 1 aliphatic heterocycles. The molecule has 0 aliphatic carbocycles. The van der Waals surface area contributed by atoms with Crippen molar-refractivity contribution in [1.82, 2.24) is 10.2 Å². The minimum atomic E-state index is -0.482. The molecule has 6 nitrogen and oxygen atoms in total. The van der Waals surface area contributed by atoms with Gasteiger partial charge in [-0.25, -0.2) is 0 Å². The van der Waals surface area contributed by atoms with Crippen molar-refractivity contribution in [3.63, 3.8) is 0 Å². The van der Waals surface area contributed by atoms with E-state index in [9.17, 15) is 14.9 Å². The summed E-state index contributed by atoms with van der Waals surface area (Å²) in [5.41, 5.74) is 0.250. The Bertz CT molecular complexity index is 827. The molecule has 2 aromatic carbocycles. The van der Waals surface area contributed by atoms with Crippen LogP contribution in [-0.2, 0) is 0 Å². The Morgan fingerprint density at radius 3 is 2.59 bits per heavy atom. The molecule has 0 aromatic heterocycles. The van der Waals surface area contributed by atoms with E-state index in [0.717, 1.165) is 24.4 Å². The van der Waals surface area contributed by atoms with Gasteiger partial charge in [-0.15, -0.1) is 12.4 Å². The molecule has 2 aromatic rings. The van der Waals surface area contributed by atoms with Crippen molar-refractivity contribution in [1.29, 1.82) is 0 Å². The van der Waals surface area contributed by atoms with Crippen LogP contribution in [-0.4, -0.2) is 41.9 Å². The molecule has 1 N–H and O–H groups in total. The number of nitro benzene ring substituents is 1. The van der Waals surface area contributed by atoms with Crippen LogP contribution in [0.1, 0.15) is 16.8 Å². The first-order valence-electron chi connectivity index (χ1n) is 8.15. The van der Waals surface area contributed by atoms with Crippen molar-refractivity contribution in [2.75, 3.05) is 20.1 Å². The highest BCUT2D eigenvalue weighted by Gasteiger charge is 2.27. The third-order valence-corrected chi connectivity index (χ3v) is 5.68. The smallest absolute Gasteiger partial charge is 0.270 e. The lowest BCUT2D eigenvalue weighted by Crippen LogP contribution is -2.38. The molecule has 1 aliphatic rings. The van der Waals surface area contributed by atoms with Gasteiger partial charge in [0.25, 0.3) is 11.6 Å². The molecule has 1 atom stereocenters. The largest absolute Gasteiger partial charge is 0.337 e. The topological polar surface area (TPSA) is 75.5 Å². The SMILES string of the molecule is CN(C(=O)c1cc([N+](=O)[O-])ccc1Sc1ccc(Cl)cc1)C1CCNC1.Cl. The zero-order valence-electron chi connectivity index (χ0n) is 14.6. The average Bonchev–Trinajstić information content (AvgIpc) is 3.17. The van der Waals surface area contributed by atoms with Crippen molar-refractivity contribution >= 4 is 47.4 Å². The van der Waals surface area contributed by atoms with Gasteiger partial charge in [-0.2, -0.15) is 0 Å². The van der Waals surface area contributed by atoms with Crippen LogP contribution >= 0.6 is 35.8 Å². The number of amides is 1. The van der Waals surface area contributed by atoms with E-state index < -0.39 is 4.92 Å². The number of carbonyl (C=O) groups excluding carboxylic acids is 1. The first-order valence-corrected chi connectivity index (χ1v) is 9.35. The fourth-order valence-corrected chi connectivity index (χ4v) is 3.89. The predicted molar refractivity (Wildman–Crippen MR) is 109 cm³/mol. The number of hydrogen-bond donors (Lipinski definition) is 1. The first kappa shape index (κ1) is 21.5. The van der Waals surface area contributed by atoms with Gasteiger partial charge < -0.3 is 10.2 Å². The fourth-order valence-electron chi connectivity index (χ4n) is 2.84. The minimum Gasteiger partial charge on any atom is -0.337 e. The van der Waals surface area contributed by atoms with E-state index in [1.165, 1.54) is 23.9 Å². The Morgan fingerprint density at radius 2 is 2.00 bits per heavy atom. The molecule has 0 radical (unpaired) electrons. The number of benzene rings is 2. The second-order valence-corrected chi connectivity index (χ2v) is 7.61. The number of non-ortho nitro benzene ring substituents is 1. The highest BCUT2D eigenvalue weighted by Crippen LogP contribution is 2.34. The van der Waals surface area contributed by atoms with Crippen LogP contribution in [0.15, 0.2) is 52.3 Å². The van der Waals surface area contributed by atoms with Gasteiger partial charge in [0.1, 0.15) is 0 Å². The van der Waals surface area contributed by atoms with Gasteiger partial charge in [0.05, 0.1) is 10.5 Å². The maximum absolute atomic E-state index is 13.0. The minimum absolute atomic E-state index is 0. The van der Waals surface area contributed by atoms with E-state index in [-0.39, 0.29) is 30.0 Å². The summed E-state index contributed by atoms with van der Waals surface area (Å²) in [5, 5.41) is 15.0. The molecule has 3 rings (SSSR count). The molecule has 9 heteroatoms. The quantitative estimate of drug-likeness (QED) is 0.569. The van der Waals surface area contributed by atoms with Gasteiger partial charge in [0, 0.05) is 46.6 Å². The molecule has 144 valence electrons. The molecule has 1 amide bonds. The van der Waals surface area contributed by atoms with E-state index in [4.69, 9.17) is 11.6 Å². The Labute approximate surface area is 172 Å². The predicted octanol–water partition coefficient (Wildman–Crippen LogP) is 4.26. The molecule has 0 spiro atoms. The number of rotatable bonds is 5. The van der Waals surface area contributed by atoms with Gasteiger partial charge in [0.2, 0.25) is 0 Å². The molecule has 1 fully saturated rings. The standard InChI is InChI=1S/C18H18ClN3O3S.ClH/c1-21(14-8-9-20-11-14)18(23)16-10-13(22(24)25)4-7-17(16)26-15-5-2-12(19)3-6-15;/h2-7,10,14,20H,8-9,11H2,1H3;1H. The Morgan fingerprint density at radius 1 is 1.30 bits per heavy atom. The molecule has 0 bridgehead atoms.